The van der Waals surface area contributed by atoms with Crippen LogP contribution < -0.4 is 0 Å². The van der Waals surface area contributed by atoms with Crippen molar-refractivity contribution in [2.45, 2.75) is 290 Å². The summed E-state index contributed by atoms with van der Waals surface area (Å²) in [5.74, 6) is -0.861. The first-order valence-electron chi connectivity index (χ1n) is 26.3. The summed E-state index contributed by atoms with van der Waals surface area (Å²) < 4.78 is 16.8. The lowest BCUT2D eigenvalue weighted by Gasteiger charge is -2.18. The highest BCUT2D eigenvalue weighted by Crippen LogP contribution is 2.16. The lowest BCUT2D eigenvalue weighted by molar-refractivity contribution is -0.167. The van der Waals surface area contributed by atoms with Crippen LogP contribution in [0.3, 0.4) is 0 Å². The van der Waals surface area contributed by atoms with Crippen LogP contribution in [-0.2, 0) is 28.6 Å². The molecular weight excluding hydrogens is 745 g/mol. The molecule has 0 aromatic carbocycles. The number of esters is 3. The molecule has 0 rings (SSSR count). The lowest BCUT2D eigenvalue weighted by atomic mass is 10.0. The Bertz CT molecular complexity index is 973. The molecule has 0 saturated heterocycles. The fourth-order valence-electron chi connectivity index (χ4n) is 7.78. The zero-order valence-corrected chi connectivity index (χ0v) is 40.2. The Hall–Kier alpha value is -2.11. The fraction of sp³-hybridized carbons (Fsp3) is 0.870. The molecule has 6 nitrogen and oxygen atoms in total. The van der Waals surface area contributed by atoms with Gasteiger partial charge in [0.25, 0.3) is 0 Å². The van der Waals surface area contributed by atoms with Crippen LogP contribution in [-0.4, -0.2) is 37.2 Å². The number of rotatable bonds is 48. The third-order valence-corrected chi connectivity index (χ3v) is 11.7. The average Bonchev–Trinajstić information content (AvgIpc) is 3.24. The Morgan fingerprint density at radius 3 is 1.00 bits per heavy atom. The second-order valence-corrected chi connectivity index (χ2v) is 17.8. The molecule has 0 aromatic heterocycles. The maximum absolute atomic E-state index is 12.8. The van der Waals surface area contributed by atoms with Crippen molar-refractivity contribution in [3.05, 3.63) is 24.3 Å². The van der Waals surface area contributed by atoms with Gasteiger partial charge in [0.05, 0.1) is 0 Å². The van der Waals surface area contributed by atoms with E-state index in [1.165, 1.54) is 167 Å². The lowest BCUT2D eigenvalue weighted by Crippen LogP contribution is -2.30. The van der Waals surface area contributed by atoms with Gasteiger partial charge in [-0.2, -0.15) is 0 Å². The summed E-state index contributed by atoms with van der Waals surface area (Å²) in [5, 5.41) is 0. The maximum atomic E-state index is 12.8. The van der Waals surface area contributed by atoms with E-state index in [1.54, 1.807) is 0 Å². The van der Waals surface area contributed by atoms with Gasteiger partial charge in [-0.25, -0.2) is 0 Å². The third kappa shape index (κ3) is 46.9. The highest BCUT2D eigenvalue weighted by atomic mass is 16.6. The number of unbranched alkanes of at least 4 members (excludes halogenated alkanes) is 33. The minimum Gasteiger partial charge on any atom is -0.462 e. The molecule has 0 amide bonds. The van der Waals surface area contributed by atoms with Crippen LogP contribution in [0, 0.1) is 0 Å². The summed E-state index contributed by atoms with van der Waals surface area (Å²) in [6.07, 6.45) is 55.8. The van der Waals surface area contributed by atoms with E-state index in [4.69, 9.17) is 14.2 Å². The van der Waals surface area contributed by atoms with Crippen molar-refractivity contribution < 1.29 is 28.6 Å². The Morgan fingerprint density at radius 1 is 0.350 bits per heavy atom. The van der Waals surface area contributed by atoms with E-state index in [-0.39, 0.29) is 31.1 Å². The topological polar surface area (TPSA) is 78.9 Å². The van der Waals surface area contributed by atoms with Crippen LogP contribution in [0.1, 0.15) is 284 Å². The van der Waals surface area contributed by atoms with Gasteiger partial charge in [0, 0.05) is 19.3 Å². The maximum Gasteiger partial charge on any atom is 0.306 e. The summed E-state index contributed by atoms with van der Waals surface area (Å²) >= 11 is 0. The zero-order valence-electron chi connectivity index (χ0n) is 40.2. The Morgan fingerprint density at radius 2 is 0.650 bits per heavy atom. The molecular formula is C54H100O6. The fourth-order valence-corrected chi connectivity index (χ4v) is 7.78. The van der Waals surface area contributed by atoms with Gasteiger partial charge >= 0.3 is 17.9 Å². The summed E-state index contributed by atoms with van der Waals surface area (Å²) in [6, 6.07) is 0. The van der Waals surface area contributed by atoms with E-state index in [0.717, 1.165) is 77.0 Å². The van der Waals surface area contributed by atoms with Crippen molar-refractivity contribution in [1.82, 2.24) is 0 Å². The smallest absolute Gasteiger partial charge is 0.306 e. The molecule has 0 fully saturated rings. The van der Waals surface area contributed by atoms with Gasteiger partial charge in [0.1, 0.15) is 13.2 Å². The standard InChI is InChI=1S/C54H100O6/c1-4-7-10-13-16-19-22-25-28-31-34-37-40-43-46-52(55)58-49-51(60-54(57)48-45-42-39-36-33-30-27-24-21-18-15-12-9-6-3)50-59-53(56)47-44-41-38-35-32-29-26-23-20-17-14-11-8-5-2/h7,10,16,19,51H,4-6,8-9,11-15,17-18,20-50H2,1-3H3/b10-7-,19-16-. The molecule has 0 aliphatic heterocycles. The first kappa shape index (κ1) is 57.9. The van der Waals surface area contributed by atoms with Crippen molar-refractivity contribution in [2.75, 3.05) is 13.2 Å². The third-order valence-electron chi connectivity index (χ3n) is 11.7. The highest BCUT2D eigenvalue weighted by molar-refractivity contribution is 5.71. The van der Waals surface area contributed by atoms with E-state index in [9.17, 15) is 14.4 Å². The van der Waals surface area contributed by atoms with Crippen LogP contribution in [0.15, 0.2) is 24.3 Å². The molecule has 60 heavy (non-hydrogen) atoms. The van der Waals surface area contributed by atoms with Crippen LogP contribution in [0.4, 0.5) is 0 Å². The summed E-state index contributed by atoms with van der Waals surface area (Å²) in [7, 11) is 0. The monoisotopic (exact) mass is 845 g/mol. The SMILES string of the molecule is CC/C=C\C/C=C\CCCCCCCCCC(=O)OCC(COC(=O)CCCCCCCCCCCCCCCC)OC(=O)CCCCCCCCCCCCCCCC. The van der Waals surface area contributed by atoms with Crippen LogP contribution in [0.25, 0.3) is 0 Å². The minimum atomic E-state index is -0.768. The molecule has 0 aromatic rings. The second-order valence-electron chi connectivity index (χ2n) is 17.8. The van der Waals surface area contributed by atoms with E-state index < -0.39 is 6.10 Å². The predicted molar refractivity (Wildman–Crippen MR) is 256 cm³/mol. The van der Waals surface area contributed by atoms with Gasteiger partial charge in [-0.3, -0.25) is 14.4 Å². The first-order valence-corrected chi connectivity index (χ1v) is 26.3. The Labute approximate surface area is 373 Å². The van der Waals surface area contributed by atoms with Crippen molar-refractivity contribution in [1.29, 1.82) is 0 Å². The zero-order chi connectivity index (χ0) is 43.7. The van der Waals surface area contributed by atoms with Gasteiger partial charge in [-0.1, -0.05) is 244 Å². The summed E-state index contributed by atoms with van der Waals surface area (Å²) in [4.78, 5) is 38.0. The molecule has 6 heteroatoms. The quantitative estimate of drug-likeness (QED) is 0.0263. The Balaban J connectivity index is 4.34. The van der Waals surface area contributed by atoms with Crippen molar-refractivity contribution >= 4 is 17.9 Å². The van der Waals surface area contributed by atoms with Gasteiger partial charge < -0.3 is 14.2 Å². The number of carbonyl (C=O) groups excluding carboxylic acids is 3. The second kappa shape index (κ2) is 49.5. The molecule has 0 aliphatic rings. The molecule has 352 valence electrons. The number of ether oxygens (including phenoxy) is 3. The molecule has 0 N–H and O–H groups in total. The van der Waals surface area contributed by atoms with E-state index in [2.05, 4.69) is 45.1 Å². The van der Waals surface area contributed by atoms with Crippen LogP contribution >= 0.6 is 0 Å². The van der Waals surface area contributed by atoms with E-state index in [0.29, 0.717) is 19.3 Å². The molecule has 0 heterocycles. The largest absolute Gasteiger partial charge is 0.462 e. The molecule has 0 saturated carbocycles. The van der Waals surface area contributed by atoms with E-state index in [1.807, 2.05) is 0 Å². The Kier molecular flexibility index (Phi) is 47.8. The van der Waals surface area contributed by atoms with Gasteiger partial charge in [0.15, 0.2) is 6.10 Å². The summed E-state index contributed by atoms with van der Waals surface area (Å²) in [5.41, 5.74) is 0. The molecule has 1 unspecified atom stereocenters. The first-order chi connectivity index (χ1) is 29.5. The molecule has 0 spiro atoms. The number of hydrogen-bond acceptors (Lipinski definition) is 6. The number of hydrogen-bond donors (Lipinski definition) is 0. The number of allylic oxidation sites excluding steroid dienone is 4. The molecule has 0 aliphatic carbocycles. The highest BCUT2D eigenvalue weighted by Gasteiger charge is 2.19. The van der Waals surface area contributed by atoms with Gasteiger partial charge in [0.2, 0.25) is 0 Å². The summed E-state index contributed by atoms with van der Waals surface area (Å²) in [6.45, 7) is 6.56. The van der Waals surface area contributed by atoms with Crippen LogP contribution in [0.5, 0.6) is 0 Å². The van der Waals surface area contributed by atoms with E-state index >= 15 is 0 Å². The molecule has 1 atom stereocenters. The molecule has 0 bridgehead atoms. The van der Waals surface area contributed by atoms with Gasteiger partial charge in [-0.15, -0.1) is 0 Å². The van der Waals surface area contributed by atoms with Crippen molar-refractivity contribution in [3.8, 4) is 0 Å². The van der Waals surface area contributed by atoms with Crippen LogP contribution in [0.2, 0.25) is 0 Å². The predicted octanol–water partition coefficient (Wildman–Crippen LogP) is 17.2. The van der Waals surface area contributed by atoms with Crippen molar-refractivity contribution in [2.24, 2.45) is 0 Å². The van der Waals surface area contributed by atoms with Gasteiger partial charge in [-0.05, 0) is 44.9 Å². The number of carbonyl (C=O) groups is 3. The average molecular weight is 845 g/mol. The van der Waals surface area contributed by atoms with Crippen molar-refractivity contribution in [3.63, 3.8) is 0 Å². The molecule has 0 radical (unpaired) electrons. The normalized spacial score (nSPS) is 12.1. The minimum absolute atomic E-state index is 0.0686.